The van der Waals surface area contributed by atoms with Crippen molar-refractivity contribution in [1.82, 2.24) is 4.31 Å². The molecule has 0 aliphatic rings. The molecule has 0 atom stereocenters. The second-order valence-corrected chi connectivity index (χ2v) is 9.54. The van der Waals surface area contributed by atoms with Crippen LogP contribution in [0.5, 0.6) is 0 Å². The molecule has 2 aromatic rings. The Morgan fingerprint density at radius 3 is 1.88 bits per heavy atom. The van der Waals surface area contributed by atoms with Gasteiger partial charge in [0.15, 0.2) is 0 Å². The lowest BCUT2D eigenvalue weighted by Crippen LogP contribution is -2.41. The largest absolute Gasteiger partial charge is 0.478 e. The van der Waals surface area contributed by atoms with Crippen molar-refractivity contribution in [3.05, 3.63) is 70.8 Å². The van der Waals surface area contributed by atoms with Gasteiger partial charge in [-0.2, -0.15) is 26.3 Å². The van der Waals surface area contributed by atoms with E-state index in [1.165, 1.54) is 29.4 Å². The van der Waals surface area contributed by atoms with Gasteiger partial charge in [0.05, 0.1) is 17.7 Å². The highest BCUT2D eigenvalue weighted by atomic mass is 32.2. The number of carbonyl (C=O) groups is 1. The quantitative estimate of drug-likeness (QED) is 0.226. The number of nitrogens with zero attached hydrogens (tertiary/aromatic N) is 1. The summed E-state index contributed by atoms with van der Waals surface area (Å²) in [5.41, 5.74) is -1.79. The Labute approximate surface area is 204 Å². The van der Waals surface area contributed by atoms with Gasteiger partial charge in [-0.15, -0.1) is 0 Å². The number of ether oxygens (including phenoxy) is 1. The summed E-state index contributed by atoms with van der Waals surface area (Å²) in [5, 5.41) is 0. The van der Waals surface area contributed by atoms with Crippen LogP contribution in [0.2, 0.25) is 0 Å². The number of aryl methyl sites for hydroxylation is 1. The fraction of sp³-hybridized carbons (Fsp3) is 0.391. The number of rotatable bonds is 2. The Hall–Kier alpha value is -2.27. The molecule has 0 aliphatic heterocycles. The number of thiocarbonyl (C=S) groups is 1. The molecule has 1 amide bonds. The molecule has 0 aliphatic carbocycles. The molecule has 0 saturated heterocycles. The molecule has 0 saturated carbocycles. The zero-order valence-electron chi connectivity index (χ0n) is 19.2. The first kappa shape index (κ1) is 29.8. The zero-order chi connectivity index (χ0) is 26.3. The third-order valence-electron chi connectivity index (χ3n) is 3.97. The fourth-order valence-electron chi connectivity index (χ4n) is 2.52. The van der Waals surface area contributed by atoms with Gasteiger partial charge in [-0.25, -0.2) is 0 Å². The SMILES string of the molecule is CCOC(=S)SN(C(=O)c1cc(C)cc(C(F)(F)F)c1)C(C)(C)C.FC(F)(F)c1ccccc1. The molecule has 3 nitrogen and oxygen atoms in total. The Bertz CT molecular complexity index is 970. The first-order valence-corrected chi connectivity index (χ1v) is 11.2. The maximum absolute atomic E-state index is 13.0. The molecular weight excluding hydrogens is 500 g/mol. The van der Waals surface area contributed by atoms with Crippen molar-refractivity contribution >= 4 is 34.5 Å². The number of benzene rings is 2. The average Bonchev–Trinajstić information content (AvgIpc) is 2.70. The molecule has 0 radical (unpaired) electrons. The summed E-state index contributed by atoms with van der Waals surface area (Å²) in [6.45, 7) is 8.94. The van der Waals surface area contributed by atoms with Gasteiger partial charge in [0, 0.05) is 23.1 Å². The van der Waals surface area contributed by atoms with Crippen molar-refractivity contribution in [3.63, 3.8) is 0 Å². The molecular formula is C23H25F6NO2S2. The van der Waals surface area contributed by atoms with Crippen LogP contribution in [0.3, 0.4) is 0 Å². The minimum atomic E-state index is -4.51. The van der Waals surface area contributed by atoms with E-state index >= 15 is 0 Å². The highest BCUT2D eigenvalue weighted by Crippen LogP contribution is 2.33. The normalized spacial score (nSPS) is 11.9. The molecule has 11 heteroatoms. The smallest absolute Gasteiger partial charge is 0.416 e. The van der Waals surface area contributed by atoms with E-state index < -0.39 is 34.9 Å². The molecule has 0 N–H and O–H groups in total. The first-order chi connectivity index (χ1) is 15.5. The molecule has 188 valence electrons. The van der Waals surface area contributed by atoms with Gasteiger partial charge in [0.25, 0.3) is 5.91 Å². The van der Waals surface area contributed by atoms with E-state index in [-0.39, 0.29) is 9.95 Å². The van der Waals surface area contributed by atoms with Crippen LogP contribution in [0.15, 0.2) is 48.5 Å². The van der Waals surface area contributed by atoms with Crippen LogP contribution >= 0.6 is 24.2 Å². The van der Waals surface area contributed by atoms with Gasteiger partial charge >= 0.3 is 12.4 Å². The summed E-state index contributed by atoms with van der Waals surface area (Å²) in [7, 11) is 0. The summed E-state index contributed by atoms with van der Waals surface area (Å²) in [6, 6.07) is 9.66. The van der Waals surface area contributed by atoms with Crippen LogP contribution in [0, 0.1) is 6.92 Å². The molecule has 0 heterocycles. The summed E-state index contributed by atoms with van der Waals surface area (Å²) >= 11 is 5.96. The number of hydrogen-bond donors (Lipinski definition) is 0. The van der Waals surface area contributed by atoms with Crippen LogP contribution in [0.25, 0.3) is 0 Å². The monoisotopic (exact) mass is 525 g/mol. The van der Waals surface area contributed by atoms with Crippen LogP contribution in [-0.4, -0.2) is 26.7 Å². The van der Waals surface area contributed by atoms with Crippen molar-refractivity contribution in [2.24, 2.45) is 0 Å². The molecule has 0 spiro atoms. The molecule has 0 fully saturated rings. The van der Waals surface area contributed by atoms with Gasteiger partial charge in [-0.1, -0.05) is 30.3 Å². The van der Waals surface area contributed by atoms with E-state index in [1.807, 2.05) is 0 Å². The Morgan fingerprint density at radius 2 is 1.47 bits per heavy atom. The van der Waals surface area contributed by atoms with Gasteiger partial charge in [-0.3, -0.25) is 9.10 Å². The minimum Gasteiger partial charge on any atom is -0.478 e. The van der Waals surface area contributed by atoms with E-state index in [0.29, 0.717) is 12.2 Å². The molecule has 2 rings (SSSR count). The molecule has 0 unspecified atom stereocenters. The van der Waals surface area contributed by atoms with Crippen molar-refractivity contribution in [1.29, 1.82) is 0 Å². The van der Waals surface area contributed by atoms with Gasteiger partial charge in [0.2, 0.25) is 4.38 Å². The fourth-order valence-corrected chi connectivity index (χ4v) is 3.64. The predicted octanol–water partition coefficient (Wildman–Crippen LogP) is 7.93. The van der Waals surface area contributed by atoms with Crippen LogP contribution in [0.4, 0.5) is 26.3 Å². The maximum Gasteiger partial charge on any atom is 0.416 e. The van der Waals surface area contributed by atoms with Crippen LogP contribution in [0.1, 0.15) is 54.7 Å². The predicted molar refractivity (Wildman–Crippen MR) is 125 cm³/mol. The van der Waals surface area contributed by atoms with Crippen LogP contribution in [-0.2, 0) is 17.1 Å². The lowest BCUT2D eigenvalue weighted by molar-refractivity contribution is -0.138. The van der Waals surface area contributed by atoms with Crippen molar-refractivity contribution in [2.75, 3.05) is 6.61 Å². The van der Waals surface area contributed by atoms with E-state index in [4.69, 9.17) is 17.0 Å². The Kier molecular flexibility index (Phi) is 10.4. The number of amides is 1. The Morgan fingerprint density at radius 1 is 0.941 bits per heavy atom. The number of carbonyl (C=O) groups excluding carboxylic acids is 1. The van der Waals surface area contributed by atoms with E-state index in [9.17, 15) is 31.1 Å². The third kappa shape index (κ3) is 9.54. The molecule has 2 aromatic carbocycles. The number of alkyl halides is 6. The second-order valence-electron chi connectivity index (χ2n) is 7.99. The molecule has 0 aromatic heterocycles. The number of hydrogen-bond acceptors (Lipinski definition) is 4. The van der Waals surface area contributed by atoms with Gasteiger partial charge < -0.3 is 4.74 Å². The average molecular weight is 526 g/mol. The van der Waals surface area contributed by atoms with Gasteiger partial charge in [0.1, 0.15) is 0 Å². The summed E-state index contributed by atoms with van der Waals surface area (Å²) in [4.78, 5) is 12.8. The summed E-state index contributed by atoms with van der Waals surface area (Å²) in [6.07, 6.45) is -8.72. The molecule has 0 bridgehead atoms. The second kappa shape index (κ2) is 11.9. The lowest BCUT2D eigenvalue weighted by atomic mass is 10.0. The van der Waals surface area contributed by atoms with E-state index in [2.05, 4.69) is 0 Å². The first-order valence-electron chi connectivity index (χ1n) is 9.97. The topological polar surface area (TPSA) is 29.5 Å². The number of halogens is 6. The lowest BCUT2D eigenvalue weighted by Gasteiger charge is -2.34. The van der Waals surface area contributed by atoms with Gasteiger partial charge in [-0.05, 0) is 70.6 Å². The summed E-state index contributed by atoms with van der Waals surface area (Å²) in [5.74, 6) is -0.552. The standard InChI is InChI=1S/C16H20F3NO2S2.C7H5F3/c1-6-22-14(23)24-20(15(3,4)5)13(21)11-7-10(2)8-12(9-11)16(17,18)19;8-7(9,10)6-4-2-1-3-5-6/h7-9H,6H2,1-5H3;1-5H. The highest BCUT2D eigenvalue weighted by Gasteiger charge is 2.34. The maximum atomic E-state index is 13.0. The Balaban J connectivity index is 0.000000479. The van der Waals surface area contributed by atoms with Crippen molar-refractivity contribution < 1.29 is 35.9 Å². The zero-order valence-corrected chi connectivity index (χ0v) is 20.8. The van der Waals surface area contributed by atoms with Crippen molar-refractivity contribution in [3.8, 4) is 0 Å². The van der Waals surface area contributed by atoms with Crippen LogP contribution < -0.4 is 0 Å². The summed E-state index contributed by atoms with van der Waals surface area (Å²) < 4.78 is 81.0. The van der Waals surface area contributed by atoms with Crippen molar-refractivity contribution in [2.45, 2.75) is 52.5 Å². The van der Waals surface area contributed by atoms with E-state index in [1.54, 1.807) is 33.8 Å². The highest BCUT2D eigenvalue weighted by molar-refractivity contribution is 8.21. The minimum absolute atomic E-state index is 0.0379. The molecule has 34 heavy (non-hydrogen) atoms. The van der Waals surface area contributed by atoms with E-state index in [0.717, 1.165) is 36.2 Å². The third-order valence-corrected chi connectivity index (χ3v) is 5.48.